The molecule has 3 nitrogen and oxygen atoms in total. The minimum absolute atomic E-state index is 0. The van der Waals surface area contributed by atoms with E-state index in [9.17, 15) is 0 Å². The van der Waals surface area contributed by atoms with Gasteiger partial charge in [0.15, 0.2) is 0 Å². The fraction of sp³-hybridized carbons (Fsp3) is 0.167. The zero-order valence-electron chi connectivity index (χ0n) is 9.78. The smallest absolute Gasteiger partial charge is 0.146 e. The summed E-state index contributed by atoms with van der Waals surface area (Å²) in [6.07, 6.45) is 5.28. The van der Waals surface area contributed by atoms with Crippen molar-refractivity contribution in [1.29, 1.82) is 0 Å². The van der Waals surface area contributed by atoms with E-state index in [4.69, 9.17) is 17.0 Å². The van der Waals surface area contributed by atoms with E-state index in [0.29, 0.717) is 0 Å². The fourth-order valence-corrected chi connectivity index (χ4v) is 2.33. The summed E-state index contributed by atoms with van der Waals surface area (Å²) in [5.41, 5.74) is 1.22. The molecule has 0 aliphatic carbocycles. The van der Waals surface area contributed by atoms with Gasteiger partial charge in [-0.3, -0.25) is 4.57 Å². The van der Waals surface area contributed by atoms with Gasteiger partial charge in [0, 0.05) is 18.1 Å². The molecule has 0 saturated carbocycles. The number of thioether (sulfide) groups is 1. The Labute approximate surface area is 122 Å². The van der Waals surface area contributed by atoms with Crippen molar-refractivity contribution in [2.75, 3.05) is 7.11 Å². The highest BCUT2D eigenvalue weighted by atomic mass is 35.5. The molecule has 96 valence electrons. The highest BCUT2D eigenvalue weighted by Crippen LogP contribution is 2.18. The van der Waals surface area contributed by atoms with Gasteiger partial charge in [0.05, 0.1) is 7.11 Å². The van der Waals surface area contributed by atoms with Crippen LogP contribution in [-0.4, -0.2) is 21.0 Å². The Hall–Kier alpha value is -1.04. The first-order valence-electron chi connectivity index (χ1n) is 5.07. The van der Waals surface area contributed by atoms with Crippen LogP contribution >= 0.6 is 36.4 Å². The Bertz CT molecular complexity index is 485. The predicted molar refractivity (Wildman–Crippen MR) is 81.8 cm³/mol. The number of hydrogen-bond acceptors (Lipinski definition) is 4. The number of aromatic nitrogens is 2. The van der Waals surface area contributed by atoms with Gasteiger partial charge in [0.1, 0.15) is 16.4 Å². The molecule has 6 heteroatoms. The standard InChI is InChI=1S/C12H12N2OS2.ClH/c1-15-11-4-2-10(3-5-11)8-17-12(16)14-7-6-13-9-14;/h2-7,9H,8H2,1H3;1H. The first-order chi connectivity index (χ1) is 8.29. The Morgan fingerprint density at radius 3 is 2.67 bits per heavy atom. The molecule has 0 N–H and O–H groups in total. The second-order valence-electron chi connectivity index (χ2n) is 3.37. The van der Waals surface area contributed by atoms with Crippen LogP contribution < -0.4 is 4.74 Å². The summed E-state index contributed by atoms with van der Waals surface area (Å²) >= 11 is 6.90. The topological polar surface area (TPSA) is 27.1 Å². The third kappa shape index (κ3) is 4.01. The number of halogens is 1. The van der Waals surface area contributed by atoms with Crippen LogP contribution in [0.1, 0.15) is 5.56 Å². The molecule has 0 bridgehead atoms. The molecular formula is C12H13ClN2OS2. The van der Waals surface area contributed by atoms with E-state index in [1.807, 2.05) is 35.0 Å². The molecule has 1 heterocycles. The summed E-state index contributed by atoms with van der Waals surface area (Å²) in [6, 6.07) is 8.00. The molecule has 0 aliphatic rings. The lowest BCUT2D eigenvalue weighted by Crippen LogP contribution is -2.01. The van der Waals surface area contributed by atoms with E-state index >= 15 is 0 Å². The molecule has 0 atom stereocenters. The summed E-state index contributed by atoms with van der Waals surface area (Å²) in [5.74, 6) is 1.72. The molecule has 0 radical (unpaired) electrons. The molecular weight excluding hydrogens is 288 g/mol. The maximum Gasteiger partial charge on any atom is 0.146 e. The van der Waals surface area contributed by atoms with Crippen LogP contribution in [-0.2, 0) is 5.75 Å². The second-order valence-corrected chi connectivity index (χ2v) is 4.98. The number of rotatable bonds is 3. The molecule has 0 spiro atoms. The Balaban J connectivity index is 0.00000162. The molecule has 0 aliphatic heterocycles. The van der Waals surface area contributed by atoms with Crippen molar-refractivity contribution in [3.8, 4) is 5.75 Å². The Kier molecular flexibility index (Phi) is 6.18. The number of nitrogens with zero attached hydrogens (tertiary/aromatic N) is 2. The van der Waals surface area contributed by atoms with Crippen LogP contribution in [0.2, 0.25) is 0 Å². The lowest BCUT2D eigenvalue weighted by Gasteiger charge is -2.05. The molecule has 0 unspecified atom stereocenters. The molecule has 0 fully saturated rings. The van der Waals surface area contributed by atoms with E-state index in [1.165, 1.54) is 5.56 Å². The summed E-state index contributed by atoms with van der Waals surface area (Å²) < 4.78 is 7.75. The van der Waals surface area contributed by atoms with Gasteiger partial charge in [-0.1, -0.05) is 36.1 Å². The number of ether oxygens (including phenoxy) is 1. The van der Waals surface area contributed by atoms with Crippen LogP contribution in [0.15, 0.2) is 43.0 Å². The fourth-order valence-electron chi connectivity index (χ4n) is 1.31. The van der Waals surface area contributed by atoms with Gasteiger partial charge in [0.2, 0.25) is 0 Å². The van der Waals surface area contributed by atoms with E-state index < -0.39 is 0 Å². The number of imidazole rings is 1. The van der Waals surface area contributed by atoms with Crippen molar-refractivity contribution in [1.82, 2.24) is 9.55 Å². The van der Waals surface area contributed by atoms with E-state index in [-0.39, 0.29) is 12.4 Å². The van der Waals surface area contributed by atoms with Gasteiger partial charge >= 0.3 is 0 Å². The van der Waals surface area contributed by atoms with E-state index in [2.05, 4.69) is 4.98 Å². The third-order valence-electron chi connectivity index (χ3n) is 2.24. The Morgan fingerprint density at radius 1 is 1.39 bits per heavy atom. The molecule has 2 rings (SSSR count). The summed E-state index contributed by atoms with van der Waals surface area (Å²) in [7, 11) is 1.66. The van der Waals surface area contributed by atoms with Crippen LogP contribution in [0, 0.1) is 0 Å². The molecule has 0 amide bonds. The number of thiocarbonyl (C=S) groups is 1. The predicted octanol–water partition coefficient (Wildman–Crippen LogP) is 3.38. The van der Waals surface area contributed by atoms with Gasteiger partial charge in [0.25, 0.3) is 0 Å². The zero-order chi connectivity index (χ0) is 12.1. The first kappa shape index (κ1) is 15.0. The van der Waals surface area contributed by atoms with Gasteiger partial charge in [-0.05, 0) is 17.7 Å². The van der Waals surface area contributed by atoms with Gasteiger partial charge in [-0.2, -0.15) is 0 Å². The summed E-state index contributed by atoms with van der Waals surface area (Å²) in [5, 5.41) is 0. The van der Waals surface area contributed by atoms with Crippen LogP contribution in [0.4, 0.5) is 0 Å². The van der Waals surface area contributed by atoms with E-state index in [0.717, 1.165) is 15.8 Å². The Morgan fingerprint density at radius 2 is 2.11 bits per heavy atom. The van der Waals surface area contributed by atoms with Gasteiger partial charge in [-0.25, -0.2) is 4.98 Å². The molecule has 0 saturated heterocycles. The largest absolute Gasteiger partial charge is 0.497 e. The van der Waals surface area contributed by atoms with Crippen LogP contribution in [0.5, 0.6) is 5.75 Å². The highest BCUT2D eigenvalue weighted by molar-refractivity contribution is 8.22. The molecule has 1 aromatic carbocycles. The maximum absolute atomic E-state index is 5.28. The minimum atomic E-state index is 0. The number of benzene rings is 1. The average molecular weight is 301 g/mol. The molecule has 18 heavy (non-hydrogen) atoms. The van der Waals surface area contributed by atoms with E-state index in [1.54, 1.807) is 31.4 Å². The minimum Gasteiger partial charge on any atom is -0.497 e. The van der Waals surface area contributed by atoms with Crippen molar-refractivity contribution in [3.63, 3.8) is 0 Å². The molecule has 2 aromatic rings. The van der Waals surface area contributed by atoms with Crippen LogP contribution in [0.25, 0.3) is 0 Å². The van der Waals surface area contributed by atoms with Gasteiger partial charge < -0.3 is 4.74 Å². The van der Waals surface area contributed by atoms with Crippen molar-refractivity contribution in [2.45, 2.75) is 5.75 Å². The average Bonchev–Trinajstić information content (AvgIpc) is 2.90. The van der Waals surface area contributed by atoms with Crippen molar-refractivity contribution < 1.29 is 4.74 Å². The summed E-state index contributed by atoms with van der Waals surface area (Å²) in [6.45, 7) is 0. The van der Waals surface area contributed by atoms with Crippen LogP contribution in [0.3, 0.4) is 0 Å². The maximum atomic E-state index is 5.28. The highest BCUT2D eigenvalue weighted by Gasteiger charge is 2.01. The van der Waals surface area contributed by atoms with Crippen molar-refractivity contribution >= 4 is 40.7 Å². The number of hydrogen-bond donors (Lipinski definition) is 0. The second kappa shape index (κ2) is 7.41. The van der Waals surface area contributed by atoms with Crippen molar-refractivity contribution in [3.05, 3.63) is 48.5 Å². The zero-order valence-corrected chi connectivity index (χ0v) is 12.2. The third-order valence-corrected chi connectivity index (χ3v) is 3.74. The molecule has 1 aromatic heterocycles. The quantitative estimate of drug-likeness (QED) is 0.812. The summed E-state index contributed by atoms with van der Waals surface area (Å²) in [4.78, 5) is 3.97. The normalized spacial score (nSPS) is 9.61. The number of methoxy groups -OCH3 is 1. The SMILES string of the molecule is COc1ccc(CSC(=S)n2ccnc2)cc1.Cl. The lowest BCUT2D eigenvalue weighted by atomic mass is 10.2. The first-order valence-corrected chi connectivity index (χ1v) is 6.47. The van der Waals surface area contributed by atoms with Crippen molar-refractivity contribution in [2.24, 2.45) is 0 Å². The monoisotopic (exact) mass is 300 g/mol. The van der Waals surface area contributed by atoms with Gasteiger partial charge in [-0.15, -0.1) is 12.4 Å². The lowest BCUT2D eigenvalue weighted by molar-refractivity contribution is 0.414.